The van der Waals surface area contributed by atoms with Gasteiger partial charge in [0.25, 0.3) is 0 Å². The molecule has 0 amide bonds. The Labute approximate surface area is 177 Å². The summed E-state index contributed by atoms with van der Waals surface area (Å²) >= 11 is 0. The van der Waals surface area contributed by atoms with Crippen LogP contribution in [0, 0.1) is 0 Å². The minimum Gasteiger partial charge on any atom is -1.00 e. The van der Waals surface area contributed by atoms with E-state index in [1.807, 2.05) is 0 Å². The van der Waals surface area contributed by atoms with E-state index in [0.29, 0.717) is 6.04 Å². The van der Waals surface area contributed by atoms with Gasteiger partial charge >= 0.3 is 0 Å². The molecule has 4 rings (SSSR count). The number of rotatable bonds is 4. The van der Waals surface area contributed by atoms with Crippen LogP contribution in [0.4, 0.5) is 11.4 Å². The number of halogens is 2. The summed E-state index contributed by atoms with van der Waals surface area (Å²) in [5.74, 6) is 0. The molecule has 0 radical (unpaired) electrons. The fourth-order valence-corrected chi connectivity index (χ4v) is 5.71. The number of nitrogen functional groups attached to an aromatic ring is 1. The van der Waals surface area contributed by atoms with Crippen LogP contribution < -0.4 is 35.4 Å². The molecule has 0 aromatic heterocycles. The summed E-state index contributed by atoms with van der Waals surface area (Å²) < 4.78 is 2.57. The lowest BCUT2D eigenvalue weighted by molar-refractivity contribution is -0.920. The normalized spacial score (nSPS) is 28.6. The Morgan fingerprint density at radius 1 is 0.926 bits per heavy atom. The third kappa shape index (κ3) is 4.67. The van der Waals surface area contributed by atoms with Crippen LogP contribution in [0.1, 0.15) is 32.1 Å². The Kier molecular flexibility index (Phi) is 7.34. The van der Waals surface area contributed by atoms with Gasteiger partial charge in [0.05, 0.1) is 59.4 Å². The van der Waals surface area contributed by atoms with Gasteiger partial charge in [-0.05, 0) is 24.3 Å². The molecular formula is C21H36Cl2N4. The minimum atomic E-state index is 0. The van der Waals surface area contributed by atoms with Crippen molar-refractivity contribution in [2.24, 2.45) is 0 Å². The molecule has 2 atom stereocenters. The van der Waals surface area contributed by atoms with Gasteiger partial charge < -0.3 is 44.4 Å². The smallest absolute Gasteiger partial charge is 0.109 e. The average Bonchev–Trinajstić information content (AvgIpc) is 3.30. The summed E-state index contributed by atoms with van der Waals surface area (Å²) in [7, 11) is 4.99. The van der Waals surface area contributed by atoms with Crippen LogP contribution in [-0.4, -0.2) is 74.4 Å². The molecule has 3 saturated heterocycles. The summed E-state index contributed by atoms with van der Waals surface area (Å²) in [6.07, 6.45) is 6.99. The summed E-state index contributed by atoms with van der Waals surface area (Å²) in [6.45, 7) is 8.00. The quantitative estimate of drug-likeness (QED) is 0.413. The minimum absolute atomic E-state index is 0. The van der Waals surface area contributed by atoms with Crippen LogP contribution in [0.3, 0.4) is 0 Å². The Bertz CT molecular complexity index is 595. The first-order valence-electron chi connectivity index (χ1n) is 10.3. The van der Waals surface area contributed by atoms with Gasteiger partial charge in [-0.3, -0.25) is 0 Å². The third-order valence-electron chi connectivity index (χ3n) is 7.38. The molecular weight excluding hydrogens is 379 g/mol. The highest BCUT2D eigenvalue weighted by Crippen LogP contribution is 2.35. The monoisotopic (exact) mass is 414 g/mol. The van der Waals surface area contributed by atoms with Gasteiger partial charge in [0.2, 0.25) is 0 Å². The van der Waals surface area contributed by atoms with Crippen molar-refractivity contribution in [1.29, 1.82) is 0 Å². The summed E-state index contributed by atoms with van der Waals surface area (Å²) in [5, 5.41) is 0. The van der Waals surface area contributed by atoms with Crippen molar-refractivity contribution in [3.63, 3.8) is 0 Å². The van der Waals surface area contributed by atoms with Crippen molar-refractivity contribution in [2.75, 3.05) is 64.0 Å². The summed E-state index contributed by atoms with van der Waals surface area (Å²) in [6, 6.07) is 10.1. The predicted molar refractivity (Wildman–Crippen MR) is 106 cm³/mol. The maximum atomic E-state index is 5.94. The van der Waals surface area contributed by atoms with E-state index in [2.05, 4.69) is 43.3 Å². The summed E-state index contributed by atoms with van der Waals surface area (Å²) in [4.78, 5) is 2.72. The zero-order chi connectivity index (χ0) is 17.5. The van der Waals surface area contributed by atoms with Crippen LogP contribution in [-0.2, 0) is 0 Å². The number of hydrogen-bond acceptors (Lipinski definition) is 2. The molecule has 3 aliphatic rings. The first-order valence-corrected chi connectivity index (χ1v) is 10.3. The van der Waals surface area contributed by atoms with E-state index < -0.39 is 0 Å². The molecule has 2 N–H and O–H groups in total. The van der Waals surface area contributed by atoms with E-state index in [1.54, 1.807) is 0 Å². The first kappa shape index (κ1) is 22.6. The van der Waals surface area contributed by atoms with Crippen LogP contribution in [0.15, 0.2) is 24.3 Å². The maximum Gasteiger partial charge on any atom is 0.109 e. The predicted octanol–water partition coefficient (Wildman–Crippen LogP) is -3.30. The molecule has 3 aliphatic heterocycles. The van der Waals surface area contributed by atoms with E-state index in [9.17, 15) is 0 Å². The number of likely N-dealkylation sites (tertiary alicyclic amines) is 2. The van der Waals surface area contributed by atoms with Gasteiger partial charge in [0.1, 0.15) is 6.04 Å². The molecule has 3 fully saturated rings. The molecule has 4 nitrogen and oxygen atoms in total. The number of nitrogens with zero attached hydrogens (tertiary/aromatic N) is 3. The van der Waals surface area contributed by atoms with Crippen molar-refractivity contribution in [1.82, 2.24) is 0 Å². The van der Waals surface area contributed by atoms with Gasteiger partial charge in [-0.1, -0.05) is 0 Å². The zero-order valence-corrected chi connectivity index (χ0v) is 18.4. The topological polar surface area (TPSA) is 29.3 Å². The number of likely N-dealkylation sites (N-methyl/N-ethyl adjacent to an activating group) is 2. The Morgan fingerprint density at radius 2 is 1.48 bits per heavy atom. The van der Waals surface area contributed by atoms with Crippen molar-refractivity contribution in [3.8, 4) is 0 Å². The largest absolute Gasteiger partial charge is 1.00 e. The maximum absolute atomic E-state index is 5.94. The Hall–Kier alpha value is -0.680. The highest BCUT2D eigenvalue weighted by molar-refractivity contribution is 5.54. The molecule has 2 unspecified atom stereocenters. The molecule has 27 heavy (non-hydrogen) atoms. The van der Waals surface area contributed by atoms with Crippen LogP contribution >= 0.6 is 0 Å². The van der Waals surface area contributed by atoms with Crippen LogP contribution in [0.25, 0.3) is 0 Å². The van der Waals surface area contributed by atoms with E-state index >= 15 is 0 Å². The van der Waals surface area contributed by atoms with Gasteiger partial charge in [-0.15, -0.1) is 0 Å². The molecule has 1 aromatic carbocycles. The second-order valence-electron chi connectivity index (χ2n) is 9.38. The lowest BCUT2D eigenvalue weighted by atomic mass is 10.1. The average molecular weight is 415 g/mol. The van der Waals surface area contributed by atoms with Crippen molar-refractivity contribution in [3.05, 3.63) is 24.3 Å². The fourth-order valence-electron chi connectivity index (χ4n) is 5.71. The number of benzene rings is 1. The Balaban J connectivity index is 0.00000131. The highest BCUT2D eigenvalue weighted by atomic mass is 35.5. The third-order valence-corrected chi connectivity index (χ3v) is 7.38. The number of hydrogen-bond donors (Lipinski definition) is 1. The lowest BCUT2D eigenvalue weighted by Gasteiger charge is -2.35. The molecule has 0 bridgehead atoms. The van der Waals surface area contributed by atoms with Crippen molar-refractivity contribution < 1.29 is 33.8 Å². The van der Waals surface area contributed by atoms with Crippen molar-refractivity contribution in [2.45, 2.75) is 44.2 Å². The SMILES string of the molecule is C[N+]1(CC2CC([N+]3(C)CCCC3)CN2c2ccc(N)cc2)CCCC1.[Cl-].[Cl-]. The second kappa shape index (κ2) is 8.77. The molecule has 0 aliphatic carbocycles. The van der Waals surface area contributed by atoms with Gasteiger partial charge in [-0.2, -0.15) is 0 Å². The molecule has 6 heteroatoms. The number of nitrogens with two attached hydrogens (primary N) is 1. The lowest BCUT2D eigenvalue weighted by Crippen LogP contribution is -3.00. The van der Waals surface area contributed by atoms with Crippen molar-refractivity contribution >= 4 is 11.4 Å². The second-order valence-corrected chi connectivity index (χ2v) is 9.38. The van der Waals surface area contributed by atoms with Gasteiger partial charge in [0, 0.05) is 43.5 Å². The molecule has 3 heterocycles. The van der Waals surface area contributed by atoms with E-state index in [1.165, 1.54) is 86.0 Å². The molecule has 0 saturated carbocycles. The van der Waals surface area contributed by atoms with E-state index in [4.69, 9.17) is 5.73 Å². The zero-order valence-electron chi connectivity index (χ0n) is 16.9. The standard InChI is InChI=1S/C21H36N4.2ClH/c1-24(11-3-4-12-24)17-20-15-21(25(2)13-5-6-14-25)16-23(20)19-9-7-18(22)8-10-19;;/h7-10,20-21H,3-6,11-17,22H2,1-2H3;2*1H/q+2;;/p-2. The molecule has 0 spiro atoms. The first-order chi connectivity index (χ1) is 12.0. The summed E-state index contributed by atoms with van der Waals surface area (Å²) in [5.41, 5.74) is 8.18. The van der Waals surface area contributed by atoms with Crippen LogP contribution in [0.5, 0.6) is 0 Å². The number of anilines is 2. The van der Waals surface area contributed by atoms with E-state index in [0.717, 1.165) is 11.7 Å². The molecule has 154 valence electrons. The van der Waals surface area contributed by atoms with Gasteiger partial charge in [0.15, 0.2) is 0 Å². The Morgan fingerprint density at radius 3 is 2.07 bits per heavy atom. The van der Waals surface area contributed by atoms with E-state index in [-0.39, 0.29) is 24.8 Å². The van der Waals surface area contributed by atoms with Gasteiger partial charge in [-0.25, -0.2) is 0 Å². The fraction of sp³-hybridized carbons (Fsp3) is 0.714. The van der Waals surface area contributed by atoms with Crippen LogP contribution in [0.2, 0.25) is 0 Å². The number of quaternary nitrogens is 2. The molecule has 1 aromatic rings. The highest BCUT2D eigenvalue weighted by Gasteiger charge is 2.47.